The van der Waals surface area contributed by atoms with Crippen molar-refractivity contribution in [3.05, 3.63) is 69.7 Å². The number of carbonyl (C=O) groups excluding carboxylic acids is 1. The molecule has 1 unspecified atom stereocenters. The first-order chi connectivity index (χ1) is 14.3. The normalized spacial score (nSPS) is 19.0. The van der Waals surface area contributed by atoms with Gasteiger partial charge in [0.25, 0.3) is 0 Å². The topological polar surface area (TPSA) is 50.4 Å². The van der Waals surface area contributed by atoms with Gasteiger partial charge in [0.15, 0.2) is 0 Å². The Hall–Kier alpha value is -2.43. The quantitative estimate of drug-likeness (QED) is 0.506. The van der Waals surface area contributed by atoms with Gasteiger partial charge in [-0.1, -0.05) is 35.3 Å². The zero-order chi connectivity index (χ0) is 23.0. The molecule has 1 aliphatic rings. The van der Waals surface area contributed by atoms with Gasteiger partial charge in [0.2, 0.25) is 11.5 Å². The van der Waals surface area contributed by atoms with Crippen LogP contribution >= 0.6 is 23.2 Å². The molecule has 1 atom stereocenters. The number of anilines is 1. The molecule has 3 rings (SSSR count). The lowest BCUT2D eigenvalue weighted by atomic mass is 9.91. The van der Waals surface area contributed by atoms with E-state index in [0.29, 0.717) is 0 Å². The fourth-order valence-electron chi connectivity index (χ4n) is 2.91. The Morgan fingerprint density at radius 1 is 1.03 bits per heavy atom. The highest BCUT2D eigenvalue weighted by molar-refractivity contribution is 6.34. The molecule has 166 valence electrons. The zero-order valence-corrected chi connectivity index (χ0v) is 16.7. The standard InChI is InChI=1S/C19H12Cl2F6N2O2/c20-12-5-11(6-13(21)7-12)17(19(25,26)27)8-15(29-31-17)10-2-1-3-14(4-10)28-16(30)9-18(22,23)24/h1-8,29H,9H2,(H,28,30). The van der Waals surface area contributed by atoms with Gasteiger partial charge in [-0.15, -0.1) is 0 Å². The largest absolute Gasteiger partial charge is 0.428 e. The number of hydrogen-bond donors (Lipinski definition) is 2. The fourth-order valence-corrected chi connectivity index (χ4v) is 3.43. The van der Waals surface area contributed by atoms with Gasteiger partial charge >= 0.3 is 12.4 Å². The summed E-state index contributed by atoms with van der Waals surface area (Å²) < 4.78 is 79.0. The summed E-state index contributed by atoms with van der Waals surface area (Å²) in [6.45, 7) is 0. The molecule has 31 heavy (non-hydrogen) atoms. The highest BCUT2D eigenvalue weighted by Crippen LogP contribution is 2.48. The van der Waals surface area contributed by atoms with E-state index in [1.807, 2.05) is 5.32 Å². The molecule has 1 aliphatic heterocycles. The summed E-state index contributed by atoms with van der Waals surface area (Å²) in [5.41, 5.74) is -1.15. The van der Waals surface area contributed by atoms with E-state index in [1.165, 1.54) is 30.3 Å². The Balaban J connectivity index is 1.96. The molecule has 0 radical (unpaired) electrons. The number of amides is 1. The Morgan fingerprint density at radius 2 is 1.68 bits per heavy atom. The molecule has 2 N–H and O–H groups in total. The van der Waals surface area contributed by atoms with E-state index in [2.05, 4.69) is 5.48 Å². The summed E-state index contributed by atoms with van der Waals surface area (Å²) in [5, 5.41) is 1.98. The monoisotopic (exact) mass is 484 g/mol. The number of hydroxylamine groups is 1. The highest BCUT2D eigenvalue weighted by atomic mass is 35.5. The summed E-state index contributed by atoms with van der Waals surface area (Å²) in [4.78, 5) is 16.4. The van der Waals surface area contributed by atoms with Gasteiger partial charge in [0, 0.05) is 26.9 Å². The third-order valence-electron chi connectivity index (χ3n) is 4.20. The molecule has 0 aliphatic carbocycles. The minimum atomic E-state index is -4.92. The highest BCUT2D eigenvalue weighted by Gasteiger charge is 2.59. The summed E-state index contributed by atoms with van der Waals surface area (Å²) in [6.07, 6.45) is -10.6. The van der Waals surface area contributed by atoms with Crippen molar-refractivity contribution in [1.29, 1.82) is 0 Å². The van der Waals surface area contributed by atoms with Crippen LogP contribution in [-0.2, 0) is 15.2 Å². The first-order valence-corrected chi connectivity index (χ1v) is 9.22. The van der Waals surface area contributed by atoms with Gasteiger partial charge in [0.05, 0.1) is 5.70 Å². The number of alkyl halides is 6. The molecule has 0 bridgehead atoms. The molecule has 4 nitrogen and oxygen atoms in total. The van der Waals surface area contributed by atoms with E-state index in [1.54, 1.807) is 0 Å². The first kappa shape index (κ1) is 23.2. The third kappa shape index (κ3) is 5.25. The number of carbonyl (C=O) groups is 1. The van der Waals surface area contributed by atoms with Crippen molar-refractivity contribution in [2.24, 2.45) is 0 Å². The Morgan fingerprint density at radius 3 is 2.26 bits per heavy atom. The van der Waals surface area contributed by atoms with Gasteiger partial charge in [-0.3, -0.25) is 15.1 Å². The van der Waals surface area contributed by atoms with Crippen LogP contribution in [0.3, 0.4) is 0 Å². The van der Waals surface area contributed by atoms with Crippen LogP contribution < -0.4 is 10.8 Å². The van der Waals surface area contributed by atoms with Crippen LogP contribution in [0.5, 0.6) is 0 Å². The molecule has 0 spiro atoms. The van der Waals surface area contributed by atoms with E-state index in [4.69, 9.17) is 28.0 Å². The number of nitrogens with one attached hydrogen (secondary N) is 2. The van der Waals surface area contributed by atoms with Crippen molar-refractivity contribution in [2.75, 3.05) is 5.32 Å². The van der Waals surface area contributed by atoms with Gasteiger partial charge in [-0.25, -0.2) is 0 Å². The van der Waals surface area contributed by atoms with E-state index >= 15 is 0 Å². The Bertz CT molecular complexity index is 1020. The fraction of sp³-hybridized carbons (Fsp3) is 0.211. The van der Waals surface area contributed by atoms with Crippen LogP contribution in [0.4, 0.5) is 32.0 Å². The Labute approximate surface area is 181 Å². The molecule has 1 heterocycles. The average molecular weight is 485 g/mol. The van der Waals surface area contributed by atoms with Crippen LogP contribution in [0, 0.1) is 0 Å². The molecule has 2 aromatic carbocycles. The molecule has 0 saturated carbocycles. The second kappa shape index (κ2) is 8.25. The third-order valence-corrected chi connectivity index (χ3v) is 4.64. The van der Waals surface area contributed by atoms with Crippen molar-refractivity contribution < 1.29 is 36.0 Å². The van der Waals surface area contributed by atoms with Gasteiger partial charge < -0.3 is 5.32 Å². The number of benzene rings is 2. The van der Waals surface area contributed by atoms with Gasteiger partial charge in [-0.05, 0) is 36.4 Å². The maximum absolute atomic E-state index is 14.0. The van der Waals surface area contributed by atoms with Crippen LogP contribution in [0.25, 0.3) is 5.70 Å². The van der Waals surface area contributed by atoms with Gasteiger partial charge in [0.1, 0.15) is 6.42 Å². The second-order valence-electron chi connectivity index (χ2n) is 6.57. The average Bonchev–Trinajstić information content (AvgIpc) is 3.06. The molecule has 12 heteroatoms. The van der Waals surface area contributed by atoms with E-state index in [-0.39, 0.29) is 32.6 Å². The summed E-state index contributed by atoms with van der Waals surface area (Å²) in [7, 11) is 0. The molecule has 2 aromatic rings. The van der Waals surface area contributed by atoms with Crippen molar-refractivity contribution in [3.8, 4) is 0 Å². The lowest BCUT2D eigenvalue weighted by molar-refractivity contribution is -0.269. The smallest absolute Gasteiger partial charge is 0.326 e. The molecular weight excluding hydrogens is 473 g/mol. The summed E-state index contributed by atoms with van der Waals surface area (Å²) in [6, 6.07) is 8.60. The number of halogens is 8. The zero-order valence-electron chi connectivity index (χ0n) is 15.2. The predicted octanol–water partition coefficient (Wildman–Crippen LogP) is 6.22. The molecule has 0 saturated heterocycles. The van der Waals surface area contributed by atoms with Crippen molar-refractivity contribution >= 4 is 40.5 Å². The van der Waals surface area contributed by atoms with E-state index in [0.717, 1.165) is 18.2 Å². The summed E-state index contributed by atoms with van der Waals surface area (Å²) >= 11 is 11.7. The van der Waals surface area contributed by atoms with Gasteiger partial charge in [-0.2, -0.15) is 26.3 Å². The predicted molar refractivity (Wildman–Crippen MR) is 102 cm³/mol. The minimum Gasteiger partial charge on any atom is -0.326 e. The lowest BCUT2D eigenvalue weighted by Gasteiger charge is -2.28. The van der Waals surface area contributed by atoms with E-state index < -0.39 is 30.3 Å². The van der Waals surface area contributed by atoms with Crippen molar-refractivity contribution in [2.45, 2.75) is 24.4 Å². The van der Waals surface area contributed by atoms with Crippen molar-refractivity contribution in [3.63, 3.8) is 0 Å². The minimum absolute atomic E-state index is 0.0362. The SMILES string of the molecule is O=C(CC(F)(F)F)Nc1cccc(C2=CC(c3cc(Cl)cc(Cl)c3)(C(F)(F)F)ON2)c1. The second-order valence-corrected chi connectivity index (χ2v) is 7.45. The first-order valence-electron chi connectivity index (χ1n) is 8.46. The Kier molecular flexibility index (Phi) is 6.18. The molecular formula is C19H12Cl2F6N2O2. The van der Waals surface area contributed by atoms with E-state index in [9.17, 15) is 31.1 Å². The van der Waals surface area contributed by atoms with Crippen LogP contribution in [0.2, 0.25) is 10.0 Å². The molecule has 0 aromatic heterocycles. The number of rotatable bonds is 4. The molecule has 0 fully saturated rings. The number of hydrogen-bond acceptors (Lipinski definition) is 3. The maximum atomic E-state index is 14.0. The van der Waals surface area contributed by atoms with Crippen LogP contribution in [-0.4, -0.2) is 18.3 Å². The van der Waals surface area contributed by atoms with Crippen molar-refractivity contribution in [1.82, 2.24) is 5.48 Å². The lowest BCUT2D eigenvalue weighted by Crippen LogP contribution is -2.42. The maximum Gasteiger partial charge on any atom is 0.428 e. The van der Waals surface area contributed by atoms with Crippen LogP contribution in [0.1, 0.15) is 17.5 Å². The van der Waals surface area contributed by atoms with Crippen LogP contribution in [0.15, 0.2) is 48.5 Å². The molecule has 1 amide bonds. The summed E-state index contributed by atoms with van der Waals surface area (Å²) in [5.74, 6) is -1.31.